The van der Waals surface area contributed by atoms with Gasteiger partial charge in [-0.3, -0.25) is 4.90 Å². The molecule has 20 heavy (non-hydrogen) atoms. The van der Waals surface area contributed by atoms with Crippen molar-refractivity contribution in [1.82, 2.24) is 4.90 Å². The quantitative estimate of drug-likeness (QED) is 0.804. The highest BCUT2D eigenvalue weighted by Gasteiger charge is 2.28. The fourth-order valence-electron chi connectivity index (χ4n) is 2.19. The first kappa shape index (κ1) is 15.0. The fraction of sp³-hybridized carbons (Fsp3) is 0.500. The zero-order valence-corrected chi connectivity index (χ0v) is 11.9. The molecule has 0 amide bonds. The minimum Gasteiger partial charge on any atom is -0.383 e. The molecule has 0 radical (unpaired) electrons. The maximum Gasteiger partial charge on any atom is 0.138 e. The van der Waals surface area contributed by atoms with Crippen molar-refractivity contribution in [2.75, 3.05) is 26.8 Å². The molecule has 1 fully saturated rings. The molecule has 3 nitrogen and oxygen atoms in total. The lowest BCUT2D eigenvalue weighted by Crippen LogP contribution is -2.29. The van der Waals surface area contributed by atoms with Crippen molar-refractivity contribution in [3.63, 3.8) is 0 Å². The number of halogens is 1. The fourth-order valence-corrected chi connectivity index (χ4v) is 2.19. The van der Waals surface area contributed by atoms with Crippen molar-refractivity contribution >= 4 is 0 Å². The minimum atomic E-state index is -0.287. The van der Waals surface area contributed by atoms with E-state index in [2.05, 4.69) is 16.7 Å². The highest BCUT2D eigenvalue weighted by molar-refractivity contribution is 5.38. The molecule has 0 bridgehead atoms. The van der Waals surface area contributed by atoms with E-state index < -0.39 is 0 Å². The van der Waals surface area contributed by atoms with Gasteiger partial charge in [-0.15, -0.1) is 0 Å². The highest BCUT2D eigenvalue weighted by atomic mass is 19.1. The molecule has 2 rings (SSSR count). The molecular formula is C16H21FN2O. The predicted molar refractivity (Wildman–Crippen MR) is 77.6 cm³/mol. The molecule has 4 heteroatoms. The molecule has 2 N–H and O–H groups in total. The van der Waals surface area contributed by atoms with Gasteiger partial charge < -0.3 is 10.5 Å². The summed E-state index contributed by atoms with van der Waals surface area (Å²) >= 11 is 0. The molecule has 0 aromatic heterocycles. The van der Waals surface area contributed by atoms with Crippen LogP contribution in [0.1, 0.15) is 24.0 Å². The molecular weight excluding hydrogens is 255 g/mol. The molecule has 0 heterocycles. The predicted octanol–water partition coefficient (Wildman–Crippen LogP) is 1.75. The van der Waals surface area contributed by atoms with Crippen LogP contribution < -0.4 is 5.73 Å². The van der Waals surface area contributed by atoms with Gasteiger partial charge in [0.1, 0.15) is 5.82 Å². The zero-order chi connectivity index (χ0) is 14.4. The highest BCUT2D eigenvalue weighted by Crippen LogP contribution is 2.28. The summed E-state index contributed by atoms with van der Waals surface area (Å²) in [6.07, 6.45) is 2.48. The second kappa shape index (κ2) is 7.39. The zero-order valence-electron chi connectivity index (χ0n) is 11.9. The van der Waals surface area contributed by atoms with Crippen LogP contribution in [0.3, 0.4) is 0 Å². The Morgan fingerprint density at radius 3 is 2.90 bits per heavy atom. The maximum absolute atomic E-state index is 13.6. The summed E-state index contributed by atoms with van der Waals surface area (Å²) in [5.74, 6) is 5.19. The summed E-state index contributed by atoms with van der Waals surface area (Å²) in [7, 11) is 1.71. The second-order valence-electron chi connectivity index (χ2n) is 5.01. The molecule has 0 saturated heterocycles. The second-order valence-corrected chi connectivity index (χ2v) is 5.01. The van der Waals surface area contributed by atoms with E-state index in [9.17, 15) is 4.39 Å². The molecule has 1 aliphatic carbocycles. The Labute approximate surface area is 119 Å². The summed E-state index contributed by atoms with van der Waals surface area (Å²) in [6.45, 7) is 2.68. The van der Waals surface area contributed by atoms with Crippen molar-refractivity contribution in [2.24, 2.45) is 5.73 Å². The third kappa shape index (κ3) is 4.31. The molecule has 1 aromatic carbocycles. The number of ether oxygens (including phenoxy) is 1. The Hall–Kier alpha value is -1.41. The van der Waals surface area contributed by atoms with Gasteiger partial charge in [0.25, 0.3) is 0 Å². The maximum atomic E-state index is 13.6. The first-order chi connectivity index (χ1) is 9.74. The topological polar surface area (TPSA) is 38.5 Å². The number of hydrogen-bond donors (Lipinski definition) is 1. The van der Waals surface area contributed by atoms with Gasteiger partial charge in [0.15, 0.2) is 0 Å². The van der Waals surface area contributed by atoms with Gasteiger partial charge >= 0.3 is 0 Å². The molecule has 0 atom stereocenters. The van der Waals surface area contributed by atoms with E-state index in [0.717, 1.165) is 25.3 Å². The summed E-state index contributed by atoms with van der Waals surface area (Å²) in [5.41, 5.74) is 6.84. The van der Waals surface area contributed by atoms with Crippen LogP contribution in [0.5, 0.6) is 0 Å². The van der Waals surface area contributed by atoms with E-state index >= 15 is 0 Å². The Balaban J connectivity index is 2.07. The third-order valence-corrected chi connectivity index (χ3v) is 3.39. The van der Waals surface area contributed by atoms with Gasteiger partial charge in [-0.1, -0.05) is 17.9 Å². The molecule has 1 aliphatic rings. The summed E-state index contributed by atoms with van der Waals surface area (Å²) in [5, 5.41) is 0. The largest absolute Gasteiger partial charge is 0.383 e. The molecule has 0 unspecified atom stereocenters. The SMILES string of the molecule is COCCN(Cc1ccc(F)c(C#CCN)c1)C1CC1. The van der Waals surface area contributed by atoms with Gasteiger partial charge in [-0.05, 0) is 30.5 Å². The van der Waals surface area contributed by atoms with E-state index in [0.29, 0.717) is 11.6 Å². The van der Waals surface area contributed by atoms with Crippen LogP contribution in [0.2, 0.25) is 0 Å². The molecule has 0 aliphatic heterocycles. The first-order valence-corrected chi connectivity index (χ1v) is 6.95. The summed E-state index contributed by atoms with van der Waals surface area (Å²) < 4.78 is 18.8. The minimum absolute atomic E-state index is 0.242. The molecule has 108 valence electrons. The van der Waals surface area contributed by atoms with E-state index in [1.165, 1.54) is 18.9 Å². The molecule has 0 spiro atoms. The van der Waals surface area contributed by atoms with Crippen molar-refractivity contribution in [3.8, 4) is 11.8 Å². The van der Waals surface area contributed by atoms with Crippen molar-refractivity contribution in [3.05, 3.63) is 35.1 Å². The van der Waals surface area contributed by atoms with E-state index in [-0.39, 0.29) is 12.4 Å². The normalized spacial score (nSPS) is 14.2. The lowest BCUT2D eigenvalue weighted by atomic mass is 10.1. The number of nitrogens with zero attached hydrogens (tertiary/aromatic N) is 1. The Morgan fingerprint density at radius 2 is 2.25 bits per heavy atom. The Bertz CT molecular complexity index is 503. The van der Waals surface area contributed by atoms with E-state index in [1.54, 1.807) is 7.11 Å². The number of rotatable bonds is 6. The molecule has 1 aromatic rings. The van der Waals surface area contributed by atoms with Crippen LogP contribution in [0, 0.1) is 17.7 Å². The lowest BCUT2D eigenvalue weighted by Gasteiger charge is -2.21. The summed E-state index contributed by atoms with van der Waals surface area (Å²) in [6, 6.07) is 5.77. The average molecular weight is 276 g/mol. The number of nitrogens with two attached hydrogens (primary N) is 1. The van der Waals surface area contributed by atoms with Gasteiger partial charge in [-0.25, -0.2) is 4.39 Å². The van der Waals surface area contributed by atoms with Crippen LogP contribution >= 0.6 is 0 Å². The average Bonchev–Trinajstić information content (AvgIpc) is 3.28. The van der Waals surface area contributed by atoms with Crippen molar-refractivity contribution < 1.29 is 9.13 Å². The summed E-state index contributed by atoms with van der Waals surface area (Å²) in [4.78, 5) is 2.39. The van der Waals surface area contributed by atoms with Crippen LogP contribution in [0.4, 0.5) is 4.39 Å². The number of hydrogen-bond acceptors (Lipinski definition) is 3. The van der Waals surface area contributed by atoms with E-state index in [4.69, 9.17) is 10.5 Å². The van der Waals surface area contributed by atoms with Gasteiger partial charge in [0.05, 0.1) is 18.7 Å². The van der Waals surface area contributed by atoms with Crippen molar-refractivity contribution in [1.29, 1.82) is 0 Å². The van der Waals surface area contributed by atoms with Crippen LogP contribution in [0.25, 0.3) is 0 Å². The Morgan fingerprint density at radius 1 is 1.45 bits per heavy atom. The third-order valence-electron chi connectivity index (χ3n) is 3.39. The standard InChI is InChI=1S/C16H21FN2O/c1-20-10-9-19(15-5-6-15)12-13-4-7-16(17)14(11-13)3-2-8-18/h4,7,11,15H,5-6,8-10,12,18H2,1H3. The Kier molecular flexibility index (Phi) is 5.54. The van der Waals surface area contributed by atoms with Crippen LogP contribution in [-0.4, -0.2) is 37.7 Å². The van der Waals surface area contributed by atoms with Crippen LogP contribution in [0.15, 0.2) is 18.2 Å². The first-order valence-electron chi connectivity index (χ1n) is 6.95. The number of benzene rings is 1. The lowest BCUT2D eigenvalue weighted by molar-refractivity contribution is 0.139. The molecule has 1 saturated carbocycles. The monoisotopic (exact) mass is 276 g/mol. The van der Waals surface area contributed by atoms with E-state index in [1.807, 2.05) is 12.1 Å². The van der Waals surface area contributed by atoms with Crippen molar-refractivity contribution in [2.45, 2.75) is 25.4 Å². The number of methoxy groups -OCH3 is 1. The smallest absolute Gasteiger partial charge is 0.138 e. The van der Waals surface area contributed by atoms with Crippen LogP contribution in [-0.2, 0) is 11.3 Å². The van der Waals surface area contributed by atoms with Gasteiger partial charge in [-0.2, -0.15) is 0 Å². The van der Waals surface area contributed by atoms with Gasteiger partial charge in [0.2, 0.25) is 0 Å². The van der Waals surface area contributed by atoms with Gasteiger partial charge in [0, 0.05) is 26.2 Å².